The zero-order valence-electron chi connectivity index (χ0n) is 12.3. The summed E-state index contributed by atoms with van der Waals surface area (Å²) in [7, 11) is 0. The van der Waals surface area contributed by atoms with E-state index in [-0.39, 0.29) is 11.9 Å². The molecule has 0 aliphatic carbocycles. The quantitative estimate of drug-likeness (QED) is 0.891. The summed E-state index contributed by atoms with van der Waals surface area (Å²) in [6, 6.07) is 9.79. The van der Waals surface area contributed by atoms with E-state index in [1.165, 1.54) is 5.56 Å². The fraction of sp³-hybridized carbons (Fsp3) is 0.500. The van der Waals surface area contributed by atoms with Crippen LogP contribution in [0.25, 0.3) is 0 Å². The van der Waals surface area contributed by atoms with Crippen molar-refractivity contribution in [2.45, 2.75) is 19.8 Å². The molecule has 1 aromatic carbocycles. The van der Waals surface area contributed by atoms with Gasteiger partial charge in [0.15, 0.2) is 0 Å². The smallest absolute Gasteiger partial charge is 0.317 e. The largest absolute Gasteiger partial charge is 0.481 e. The van der Waals surface area contributed by atoms with Crippen LogP contribution in [0.1, 0.15) is 18.9 Å². The molecule has 0 aromatic heterocycles. The number of nitrogens with zero attached hydrogens (tertiary/aromatic N) is 1. The highest BCUT2D eigenvalue weighted by Gasteiger charge is 2.31. The Hall–Kier alpha value is -2.04. The van der Waals surface area contributed by atoms with Crippen molar-refractivity contribution in [2.75, 3.05) is 19.6 Å². The van der Waals surface area contributed by atoms with Crippen LogP contribution in [0.4, 0.5) is 4.79 Å². The fourth-order valence-electron chi connectivity index (χ4n) is 2.77. The van der Waals surface area contributed by atoms with Crippen molar-refractivity contribution in [1.29, 1.82) is 0 Å². The summed E-state index contributed by atoms with van der Waals surface area (Å²) in [6.07, 6.45) is 1.42. The predicted octanol–water partition coefficient (Wildman–Crippen LogP) is 1.98. The summed E-state index contributed by atoms with van der Waals surface area (Å²) in [5, 5.41) is 12.0. The fourth-order valence-corrected chi connectivity index (χ4v) is 2.77. The number of carbonyl (C=O) groups is 2. The van der Waals surface area contributed by atoms with Gasteiger partial charge in [0.25, 0.3) is 0 Å². The highest BCUT2D eigenvalue weighted by molar-refractivity contribution is 5.76. The lowest BCUT2D eigenvalue weighted by Gasteiger charge is -2.34. The maximum Gasteiger partial charge on any atom is 0.317 e. The van der Waals surface area contributed by atoms with E-state index < -0.39 is 11.9 Å². The molecule has 5 nitrogen and oxygen atoms in total. The van der Waals surface area contributed by atoms with E-state index >= 15 is 0 Å². The van der Waals surface area contributed by atoms with Crippen LogP contribution >= 0.6 is 0 Å². The second-order valence-electron chi connectivity index (χ2n) is 5.75. The Morgan fingerprint density at radius 3 is 2.67 bits per heavy atom. The summed E-state index contributed by atoms with van der Waals surface area (Å²) < 4.78 is 0. The standard InChI is InChI=1S/C16H22N2O3/c1-12-9-14(15(19)20)11-18(10-12)16(21)17-8-7-13-5-3-2-4-6-13/h2-6,12,14H,7-11H2,1H3,(H,17,21)(H,19,20). The third-order valence-electron chi connectivity index (χ3n) is 3.83. The van der Waals surface area contributed by atoms with Crippen molar-refractivity contribution in [3.8, 4) is 0 Å². The van der Waals surface area contributed by atoms with Crippen LogP contribution in [0.15, 0.2) is 30.3 Å². The molecular formula is C16H22N2O3. The van der Waals surface area contributed by atoms with E-state index in [0.29, 0.717) is 26.1 Å². The summed E-state index contributed by atoms with van der Waals surface area (Å²) in [5.41, 5.74) is 1.17. The molecule has 2 rings (SSSR count). The van der Waals surface area contributed by atoms with Gasteiger partial charge in [-0.3, -0.25) is 4.79 Å². The lowest BCUT2D eigenvalue weighted by Crippen LogP contribution is -2.49. The van der Waals surface area contributed by atoms with Crippen LogP contribution in [0, 0.1) is 11.8 Å². The molecular weight excluding hydrogens is 268 g/mol. The predicted molar refractivity (Wildman–Crippen MR) is 80.0 cm³/mol. The molecule has 21 heavy (non-hydrogen) atoms. The third-order valence-corrected chi connectivity index (χ3v) is 3.83. The molecule has 0 radical (unpaired) electrons. The van der Waals surface area contributed by atoms with Gasteiger partial charge in [-0.05, 0) is 24.3 Å². The second kappa shape index (κ2) is 7.11. The molecule has 1 heterocycles. The maximum absolute atomic E-state index is 12.1. The zero-order chi connectivity index (χ0) is 15.2. The number of hydrogen-bond donors (Lipinski definition) is 2. The van der Waals surface area contributed by atoms with Crippen molar-refractivity contribution in [3.05, 3.63) is 35.9 Å². The molecule has 1 fully saturated rings. The summed E-state index contributed by atoms with van der Waals surface area (Å²) >= 11 is 0. The number of hydrogen-bond acceptors (Lipinski definition) is 2. The Morgan fingerprint density at radius 1 is 1.29 bits per heavy atom. The maximum atomic E-state index is 12.1. The van der Waals surface area contributed by atoms with Gasteiger partial charge in [-0.2, -0.15) is 0 Å². The molecule has 2 unspecified atom stereocenters. The van der Waals surface area contributed by atoms with Crippen LogP contribution < -0.4 is 5.32 Å². The second-order valence-corrected chi connectivity index (χ2v) is 5.75. The molecule has 0 bridgehead atoms. The van der Waals surface area contributed by atoms with Crippen LogP contribution in [-0.4, -0.2) is 41.6 Å². The minimum absolute atomic E-state index is 0.163. The first kappa shape index (κ1) is 15.4. The van der Waals surface area contributed by atoms with Crippen LogP contribution in [0.2, 0.25) is 0 Å². The Labute approximate surface area is 125 Å². The average molecular weight is 290 g/mol. The Kier molecular flexibility index (Phi) is 5.20. The van der Waals surface area contributed by atoms with Gasteiger partial charge in [-0.1, -0.05) is 37.3 Å². The molecule has 114 valence electrons. The van der Waals surface area contributed by atoms with Gasteiger partial charge >= 0.3 is 12.0 Å². The number of carboxylic acids is 1. The molecule has 1 aliphatic rings. The minimum atomic E-state index is -0.816. The molecule has 1 aromatic rings. The number of carboxylic acid groups (broad SMARTS) is 1. The highest BCUT2D eigenvalue weighted by atomic mass is 16.4. The van der Waals surface area contributed by atoms with Gasteiger partial charge in [0.2, 0.25) is 0 Å². The van der Waals surface area contributed by atoms with E-state index in [1.54, 1.807) is 4.90 Å². The molecule has 2 amide bonds. The molecule has 0 spiro atoms. The first-order valence-electron chi connectivity index (χ1n) is 7.35. The number of rotatable bonds is 4. The average Bonchev–Trinajstić information content (AvgIpc) is 2.47. The van der Waals surface area contributed by atoms with Crippen molar-refractivity contribution in [1.82, 2.24) is 10.2 Å². The lowest BCUT2D eigenvalue weighted by atomic mass is 9.91. The Balaban J connectivity index is 1.81. The SMILES string of the molecule is CC1CC(C(=O)O)CN(C(=O)NCCc2ccccc2)C1. The van der Waals surface area contributed by atoms with Crippen molar-refractivity contribution < 1.29 is 14.7 Å². The number of piperidine rings is 1. The number of aliphatic carboxylic acids is 1. The first-order chi connectivity index (χ1) is 10.1. The van der Waals surface area contributed by atoms with E-state index in [4.69, 9.17) is 5.11 Å². The summed E-state index contributed by atoms with van der Waals surface area (Å²) in [4.78, 5) is 24.9. The van der Waals surface area contributed by atoms with Crippen molar-refractivity contribution >= 4 is 12.0 Å². The van der Waals surface area contributed by atoms with Crippen molar-refractivity contribution in [3.63, 3.8) is 0 Å². The number of carbonyl (C=O) groups excluding carboxylic acids is 1. The van der Waals surface area contributed by atoms with Gasteiger partial charge in [-0.25, -0.2) is 4.79 Å². The first-order valence-corrected chi connectivity index (χ1v) is 7.35. The number of nitrogens with one attached hydrogen (secondary N) is 1. The van der Waals surface area contributed by atoms with E-state index in [1.807, 2.05) is 37.3 Å². The van der Waals surface area contributed by atoms with E-state index in [9.17, 15) is 9.59 Å². The Morgan fingerprint density at radius 2 is 2.00 bits per heavy atom. The van der Waals surface area contributed by atoms with E-state index in [2.05, 4.69) is 5.32 Å². The van der Waals surface area contributed by atoms with Crippen LogP contribution in [-0.2, 0) is 11.2 Å². The number of amides is 2. The number of likely N-dealkylation sites (tertiary alicyclic amines) is 1. The summed E-state index contributed by atoms with van der Waals surface area (Å²) in [6.45, 7) is 3.47. The zero-order valence-corrected chi connectivity index (χ0v) is 12.3. The van der Waals surface area contributed by atoms with Gasteiger partial charge in [0.05, 0.1) is 5.92 Å². The van der Waals surface area contributed by atoms with Gasteiger partial charge < -0.3 is 15.3 Å². The topological polar surface area (TPSA) is 69.6 Å². The van der Waals surface area contributed by atoms with Crippen molar-refractivity contribution in [2.24, 2.45) is 11.8 Å². The third kappa shape index (κ3) is 4.48. The minimum Gasteiger partial charge on any atom is -0.481 e. The number of benzene rings is 1. The van der Waals surface area contributed by atoms with Gasteiger partial charge in [0, 0.05) is 19.6 Å². The molecule has 2 N–H and O–H groups in total. The number of urea groups is 1. The van der Waals surface area contributed by atoms with E-state index in [0.717, 1.165) is 6.42 Å². The van der Waals surface area contributed by atoms with Gasteiger partial charge in [0.1, 0.15) is 0 Å². The molecule has 5 heteroatoms. The summed E-state index contributed by atoms with van der Waals surface area (Å²) in [5.74, 6) is -1.04. The lowest BCUT2D eigenvalue weighted by molar-refractivity contribution is -0.143. The monoisotopic (exact) mass is 290 g/mol. The highest BCUT2D eigenvalue weighted by Crippen LogP contribution is 2.21. The molecule has 2 atom stereocenters. The molecule has 0 saturated carbocycles. The normalized spacial score (nSPS) is 21.9. The molecule has 1 saturated heterocycles. The Bertz CT molecular complexity index is 490. The molecule has 1 aliphatic heterocycles. The van der Waals surface area contributed by atoms with Gasteiger partial charge in [-0.15, -0.1) is 0 Å². The van der Waals surface area contributed by atoms with Crippen LogP contribution in [0.3, 0.4) is 0 Å². The van der Waals surface area contributed by atoms with Crippen LogP contribution in [0.5, 0.6) is 0 Å².